The maximum Gasteiger partial charge on any atom is 0.246 e. The zero-order valence-electron chi connectivity index (χ0n) is 10.9. The van der Waals surface area contributed by atoms with Gasteiger partial charge in [-0.05, 0) is 19.1 Å². The van der Waals surface area contributed by atoms with Gasteiger partial charge in [-0.25, -0.2) is 10.4 Å². The van der Waals surface area contributed by atoms with Crippen molar-refractivity contribution in [3.63, 3.8) is 0 Å². The number of benzene rings is 1. The second kappa shape index (κ2) is 6.89. The van der Waals surface area contributed by atoms with Crippen LogP contribution in [-0.2, 0) is 11.2 Å². The molecule has 0 saturated carbocycles. The largest absolute Gasteiger partial charge is 0.506 e. The van der Waals surface area contributed by atoms with E-state index in [0.717, 1.165) is 5.69 Å². The van der Waals surface area contributed by atoms with Crippen LogP contribution in [0.15, 0.2) is 22.6 Å². The highest BCUT2D eigenvalue weighted by Gasteiger charge is 2.07. The van der Waals surface area contributed by atoms with Crippen LogP contribution < -0.4 is 5.43 Å². The van der Waals surface area contributed by atoms with Crippen molar-refractivity contribution in [3.05, 3.63) is 43.8 Å². The number of hydrazone groups is 1. The summed E-state index contributed by atoms with van der Waals surface area (Å²) >= 11 is 13.0. The number of carbonyl (C=O) groups is 1. The molecule has 1 aromatic heterocycles. The van der Waals surface area contributed by atoms with E-state index in [1.807, 2.05) is 12.3 Å². The number of thiazole rings is 1. The van der Waals surface area contributed by atoms with Crippen molar-refractivity contribution >= 4 is 46.7 Å². The molecule has 1 heterocycles. The highest BCUT2D eigenvalue weighted by molar-refractivity contribution is 7.09. The van der Waals surface area contributed by atoms with Crippen LogP contribution in [-0.4, -0.2) is 22.2 Å². The predicted molar refractivity (Wildman–Crippen MR) is 84.4 cm³/mol. The summed E-state index contributed by atoms with van der Waals surface area (Å²) in [7, 11) is 0. The van der Waals surface area contributed by atoms with Gasteiger partial charge in [0.15, 0.2) is 0 Å². The summed E-state index contributed by atoms with van der Waals surface area (Å²) in [6, 6.07) is 2.90. The van der Waals surface area contributed by atoms with Crippen molar-refractivity contribution in [2.24, 2.45) is 5.10 Å². The van der Waals surface area contributed by atoms with Crippen LogP contribution in [0.4, 0.5) is 0 Å². The summed E-state index contributed by atoms with van der Waals surface area (Å²) in [5.41, 5.74) is 3.55. The Morgan fingerprint density at radius 2 is 2.29 bits per heavy atom. The highest BCUT2D eigenvalue weighted by Crippen LogP contribution is 2.29. The summed E-state index contributed by atoms with van der Waals surface area (Å²) < 4.78 is 0. The third-order valence-electron chi connectivity index (χ3n) is 2.43. The number of aryl methyl sites for hydroxylation is 1. The minimum absolute atomic E-state index is 0.119. The number of rotatable bonds is 4. The molecule has 0 saturated heterocycles. The standard InChI is InChI=1S/C13H11Cl2N3O2S/c1-7-6-21-12(17-7)4-11(19)18-16-5-8-2-9(14)3-10(15)13(8)20/h2-3,5-6,20H,4H2,1H3,(H,18,19)/b16-5+. The van der Waals surface area contributed by atoms with E-state index in [4.69, 9.17) is 23.2 Å². The average Bonchev–Trinajstić information content (AvgIpc) is 2.80. The number of nitrogens with one attached hydrogen (secondary N) is 1. The molecule has 2 N–H and O–H groups in total. The Labute approximate surface area is 135 Å². The molecule has 0 radical (unpaired) electrons. The van der Waals surface area contributed by atoms with Crippen LogP contribution in [0.5, 0.6) is 5.75 Å². The lowest BCUT2D eigenvalue weighted by molar-refractivity contribution is -0.120. The minimum atomic E-state index is -0.298. The molecule has 1 amide bonds. The van der Waals surface area contributed by atoms with E-state index in [9.17, 15) is 9.90 Å². The second-order valence-electron chi connectivity index (χ2n) is 4.18. The Hall–Kier alpha value is -1.63. The number of amides is 1. The molecule has 21 heavy (non-hydrogen) atoms. The molecule has 0 spiro atoms. The molecule has 0 atom stereocenters. The summed E-state index contributed by atoms with van der Waals surface area (Å²) in [6.45, 7) is 1.86. The number of hydrogen-bond donors (Lipinski definition) is 2. The van der Waals surface area contributed by atoms with Crippen molar-refractivity contribution in [3.8, 4) is 5.75 Å². The summed E-state index contributed by atoms with van der Waals surface area (Å²) in [5.74, 6) is -0.442. The summed E-state index contributed by atoms with van der Waals surface area (Å²) in [6.07, 6.45) is 1.43. The third kappa shape index (κ3) is 4.42. The number of phenols is 1. The number of aromatic hydroxyl groups is 1. The quantitative estimate of drug-likeness (QED) is 0.661. The Morgan fingerprint density at radius 1 is 1.52 bits per heavy atom. The van der Waals surface area contributed by atoms with E-state index in [0.29, 0.717) is 15.6 Å². The van der Waals surface area contributed by atoms with Crippen molar-refractivity contribution in [1.29, 1.82) is 0 Å². The van der Waals surface area contributed by atoms with Gasteiger partial charge in [-0.1, -0.05) is 23.2 Å². The van der Waals surface area contributed by atoms with E-state index in [1.54, 1.807) is 0 Å². The molecule has 110 valence electrons. The summed E-state index contributed by atoms with van der Waals surface area (Å²) in [5, 5.41) is 16.6. The molecule has 0 aliphatic rings. The topological polar surface area (TPSA) is 74.6 Å². The van der Waals surface area contributed by atoms with Gasteiger partial charge in [0.05, 0.1) is 17.7 Å². The zero-order chi connectivity index (χ0) is 15.4. The van der Waals surface area contributed by atoms with Gasteiger partial charge in [0, 0.05) is 21.7 Å². The number of aromatic nitrogens is 1. The molecule has 0 bridgehead atoms. The lowest BCUT2D eigenvalue weighted by atomic mass is 10.2. The second-order valence-corrected chi connectivity index (χ2v) is 5.96. The van der Waals surface area contributed by atoms with Crippen molar-refractivity contribution in [2.45, 2.75) is 13.3 Å². The lowest BCUT2D eigenvalue weighted by Gasteiger charge is -2.02. The van der Waals surface area contributed by atoms with Crippen LogP contribution in [0.2, 0.25) is 10.0 Å². The van der Waals surface area contributed by atoms with Crippen molar-refractivity contribution in [1.82, 2.24) is 10.4 Å². The Morgan fingerprint density at radius 3 is 2.95 bits per heavy atom. The zero-order valence-corrected chi connectivity index (χ0v) is 13.3. The lowest BCUT2D eigenvalue weighted by Crippen LogP contribution is -2.19. The average molecular weight is 344 g/mol. The van der Waals surface area contributed by atoms with E-state index in [1.165, 1.54) is 29.7 Å². The number of carbonyl (C=O) groups excluding carboxylic acids is 1. The van der Waals surface area contributed by atoms with E-state index >= 15 is 0 Å². The molecule has 0 unspecified atom stereocenters. The maximum atomic E-state index is 11.7. The van der Waals surface area contributed by atoms with E-state index < -0.39 is 0 Å². The number of halogens is 2. The molecule has 0 aliphatic heterocycles. The van der Waals surface area contributed by atoms with Gasteiger partial charge in [-0.15, -0.1) is 11.3 Å². The van der Waals surface area contributed by atoms with Crippen molar-refractivity contribution in [2.75, 3.05) is 0 Å². The molecular formula is C13H11Cl2N3O2S. The van der Waals surface area contributed by atoms with Gasteiger partial charge >= 0.3 is 0 Å². The number of hydrogen-bond acceptors (Lipinski definition) is 5. The summed E-state index contributed by atoms with van der Waals surface area (Å²) in [4.78, 5) is 15.8. The SMILES string of the molecule is Cc1csc(CC(=O)N/N=C/c2cc(Cl)cc(Cl)c2O)n1. The van der Waals surface area contributed by atoms with Gasteiger partial charge in [-0.3, -0.25) is 4.79 Å². The molecular weight excluding hydrogens is 333 g/mol. The van der Waals surface area contributed by atoms with Crippen molar-refractivity contribution < 1.29 is 9.90 Å². The predicted octanol–water partition coefficient (Wildman–Crippen LogP) is 3.16. The van der Waals surface area contributed by atoms with Crippen LogP contribution in [0, 0.1) is 6.92 Å². The molecule has 2 aromatic rings. The fourth-order valence-electron chi connectivity index (χ4n) is 1.52. The van der Waals surface area contributed by atoms with Crippen LogP contribution in [0.25, 0.3) is 0 Å². The maximum absolute atomic E-state index is 11.7. The molecule has 8 heteroatoms. The molecule has 5 nitrogen and oxygen atoms in total. The first-order chi connectivity index (χ1) is 9.95. The first kappa shape index (κ1) is 15.8. The van der Waals surface area contributed by atoms with Gasteiger partial charge < -0.3 is 5.11 Å². The molecule has 0 fully saturated rings. The van der Waals surface area contributed by atoms with Gasteiger partial charge in [-0.2, -0.15) is 5.10 Å². The molecule has 0 aliphatic carbocycles. The van der Waals surface area contributed by atoms with Gasteiger partial charge in [0.2, 0.25) is 5.91 Å². The Kier molecular flexibility index (Phi) is 5.17. The monoisotopic (exact) mass is 343 g/mol. The smallest absolute Gasteiger partial charge is 0.246 e. The van der Waals surface area contributed by atoms with Crippen LogP contribution in [0.3, 0.4) is 0 Å². The fraction of sp³-hybridized carbons (Fsp3) is 0.154. The van der Waals surface area contributed by atoms with Gasteiger partial charge in [0.1, 0.15) is 10.8 Å². The van der Waals surface area contributed by atoms with Gasteiger partial charge in [0.25, 0.3) is 0 Å². The number of nitrogens with zero attached hydrogens (tertiary/aromatic N) is 2. The Bertz CT molecular complexity index is 701. The minimum Gasteiger partial charge on any atom is -0.506 e. The van der Waals surface area contributed by atoms with Crippen LogP contribution >= 0.6 is 34.5 Å². The fourth-order valence-corrected chi connectivity index (χ4v) is 2.80. The first-order valence-corrected chi connectivity index (χ1v) is 7.50. The normalized spacial score (nSPS) is 11.0. The van der Waals surface area contributed by atoms with Crippen LogP contribution in [0.1, 0.15) is 16.3 Å². The molecule has 1 aromatic carbocycles. The number of phenolic OH excluding ortho intramolecular Hbond substituents is 1. The third-order valence-corrected chi connectivity index (χ3v) is 3.90. The first-order valence-electron chi connectivity index (χ1n) is 5.86. The van der Waals surface area contributed by atoms with E-state index in [-0.39, 0.29) is 23.1 Å². The highest BCUT2D eigenvalue weighted by atomic mass is 35.5. The Balaban J connectivity index is 1.97. The molecule has 2 rings (SSSR count). The van der Waals surface area contributed by atoms with E-state index in [2.05, 4.69) is 15.5 Å².